The first kappa shape index (κ1) is 35.3. The summed E-state index contributed by atoms with van der Waals surface area (Å²) in [6.07, 6.45) is 12.1. The van der Waals surface area contributed by atoms with E-state index in [4.69, 9.17) is 16.1 Å². The topological polar surface area (TPSA) is 144 Å². The number of phenolic OH excluding ortho intramolecular Hbond substituents is 1. The Hall–Kier alpha value is -5.46. The Balaban J connectivity index is 1.07. The van der Waals surface area contributed by atoms with Crippen molar-refractivity contribution in [3.8, 4) is 35.4 Å². The molecule has 4 fully saturated rings. The van der Waals surface area contributed by atoms with E-state index < -0.39 is 17.8 Å². The Kier molecular flexibility index (Phi) is 8.97. The predicted octanol–water partition coefficient (Wildman–Crippen LogP) is 5.32. The number of rotatable bonds is 9. The van der Waals surface area contributed by atoms with Crippen LogP contribution in [0.5, 0.6) is 11.8 Å². The van der Waals surface area contributed by atoms with E-state index in [-0.39, 0.29) is 68.8 Å². The second kappa shape index (κ2) is 14.0. The van der Waals surface area contributed by atoms with E-state index in [1.165, 1.54) is 30.5 Å². The van der Waals surface area contributed by atoms with E-state index in [0.717, 1.165) is 19.4 Å². The maximum absolute atomic E-state index is 17.1. The number of alkyl halides is 1. The van der Waals surface area contributed by atoms with Gasteiger partial charge in [-0.1, -0.05) is 12.0 Å². The molecular formula is C40H40F3N9O3. The zero-order valence-corrected chi connectivity index (χ0v) is 30.0. The Bertz CT molecular complexity index is 2310. The quantitative estimate of drug-likeness (QED) is 0.146. The Morgan fingerprint density at radius 1 is 1.11 bits per heavy atom. The predicted molar refractivity (Wildman–Crippen MR) is 200 cm³/mol. The molecule has 0 radical (unpaired) electrons. The molecule has 12 nitrogen and oxygen atoms in total. The monoisotopic (exact) mass is 751 g/mol. The number of anilines is 2. The summed E-state index contributed by atoms with van der Waals surface area (Å²) < 4.78 is 52.2. The van der Waals surface area contributed by atoms with Crippen LogP contribution in [0.1, 0.15) is 44.1 Å². The maximum Gasteiger partial charge on any atom is 0.319 e. The number of likely N-dealkylation sites (tertiary alicyclic amines) is 1. The van der Waals surface area contributed by atoms with Crippen molar-refractivity contribution in [2.75, 3.05) is 49.5 Å². The number of piperidine rings is 2. The number of nitrogens with one attached hydrogen (secondary N) is 3. The van der Waals surface area contributed by atoms with Gasteiger partial charge in [0.25, 0.3) is 0 Å². The minimum absolute atomic E-state index is 0.00363. The minimum atomic E-state index is -0.800. The van der Waals surface area contributed by atoms with Crippen LogP contribution < -0.4 is 20.3 Å². The van der Waals surface area contributed by atoms with E-state index >= 15 is 4.39 Å². The molecule has 15 heteroatoms. The van der Waals surface area contributed by atoms with Crippen LogP contribution in [0.3, 0.4) is 0 Å². The number of hydrogen-bond acceptors (Lipinski definition) is 10. The smallest absolute Gasteiger partial charge is 0.319 e. The van der Waals surface area contributed by atoms with Gasteiger partial charge in [-0.15, -0.1) is 6.42 Å². The van der Waals surface area contributed by atoms with Gasteiger partial charge in [-0.25, -0.2) is 13.2 Å². The Morgan fingerprint density at radius 3 is 2.60 bits per heavy atom. The van der Waals surface area contributed by atoms with E-state index in [9.17, 15) is 18.7 Å². The summed E-state index contributed by atoms with van der Waals surface area (Å²) in [5.41, 5.74) is -0.289. The van der Waals surface area contributed by atoms with Gasteiger partial charge in [0.15, 0.2) is 5.82 Å². The standard InChI is InChI=1S/C40H40F3N9O3/c1-2-28-31(42)4-3-22-15-27(53)16-29(33(22)28)35-34(43)36-30(17-44-35)37(49-39(48-36)55-21-40(8-9-40)20-51-11-6-24(41)7-12-51)52-18-25-13-23(14-26(19-52)46-25)38(54)47-32-5-10-45-50-32/h1,3-5,10,15-17,23-26,46,53H,6-9,11-14,18-21H2,(H2,45,47,50,54). The molecule has 4 aliphatic rings. The van der Waals surface area contributed by atoms with Crippen LogP contribution in [0.4, 0.5) is 24.8 Å². The van der Waals surface area contributed by atoms with Crippen molar-refractivity contribution in [2.24, 2.45) is 11.3 Å². The molecule has 2 aromatic carbocycles. The second-order valence-electron chi connectivity index (χ2n) is 15.5. The number of hydrogen-bond donors (Lipinski definition) is 4. The highest BCUT2D eigenvalue weighted by Gasteiger charge is 2.46. The van der Waals surface area contributed by atoms with Crippen molar-refractivity contribution in [2.45, 2.75) is 56.8 Å². The third-order valence-electron chi connectivity index (χ3n) is 11.6. The van der Waals surface area contributed by atoms with Crippen molar-refractivity contribution in [1.29, 1.82) is 0 Å². The lowest BCUT2D eigenvalue weighted by atomic mass is 9.84. The van der Waals surface area contributed by atoms with Gasteiger partial charge >= 0.3 is 6.01 Å². The molecule has 2 bridgehead atoms. The zero-order chi connectivity index (χ0) is 37.8. The molecule has 284 valence electrons. The fourth-order valence-electron chi connectivity index (χ4n) is 8.61. The van der Waals surface area contributed by atoms with Gasteiger partial charge in [0.2, 0.25) is 5.91 Å². The molecule has 3 saturated heterocycles. The second-order valence-corrected chi connectivity index (χ2v) is 15.5. The van der Waals surface area contributed by atoms with Gasteiger partial charge in [-0.3, -0.25) is 14.9 Å². The average molecular weight is 752 g/mol. The van der Waals surface area contributed by atoms with Gasteiger partial charge in [0.1, 0.15) is 40.6 Å². The van der Waals surface area contributed by atoms with Crippen LogP contribution in [0.15, 0.2) is 42.7 Å². The van der Waals surface area contributed by atoms with Gasteiger partial charge in [-0.2, -0.15) is 15.1 Å². The number of aromatic nitrogens is 5. The highest BCUT2D eigenvalue weighted by molar-refractivity contribution is 6.03. The Labute approximate surface area is 314 Å². The number of ether oxygens (including phenoxy) is 1. The van der Waals surface area contributed by atoms with Crippen LogP contribution >= 0.6 is 0 Å². The van der Waals surface area contributed by atoms with Crippen LogP contribution in [0.2, 0.25) is 0 Å². The van der Waals surface area contributed by atoms with Crippen molar-refractivity contribution >= 4 is 39.2 Å². The lowest BCUT2D eigenvalue weighted by Crippen LogP contribution is -2.61. The molecule has 2 atom stereocenters. The first-order valence-corrected chi connectivity index (χ1v) is 18.7. The SMILES string of the molecule is C#Cc1c(F)ccc2cc(O)cc(-c3ncc4c(N5CC6CC(C(=O)Nc7ccn[nH]7)CC(C5)N6)nc(OCC5(CN6CCC(F)CC6)CC5)nc4c3F)c12. The van der Waals surface area contributed by atoms with Crippen molar-refractivity contribution in [1.82, 2.24) is 35.4 Å². The number of aromatic hydroxyl groups is 1. The number of terminal acetylenes is 1. The van der Waals surface area contributed by atoms with Crippen LogP contribution in [0, 0.1) is 35.3 Å². The molecule has 3 aromatic heterocycles. The van der Waals surface area contributed by atoms with Crippen molar-refractivity contribution in [3.05, 3.63) is 59.9 Å². The number of pyridine rings is 1. The van der Waals surface area contributed by atoms with E-state index in [0.29, 0.717) is 80.9 Å². The number of aromatic amines is 1. The van der Waals surface area contributed by atoms with Gasteiger partial charge in [0.05, 0.1) is 23.8 Å². The zero-order valence-electron chi connectivity index (χ0n) is 30.0. The molecule has 6 heterocycles. The fourth-order valence-corrected chi connectivity index (χ4v) is 8.61. The summed E-state index contributed by atoms with van der Waals surface area (Å²) in [5, 5.41) is 24.9. The first-order chi connectivity index (χ1) is 26.6. The number of piperazine rings is 1. The molecule has 5 aromatic rings. The van der Waals surface area contributed by atoms with E-state index in [1.54, 1.807) is 12.3 Å². The molecule has 2 unspecified atom stereocenters. The maximum atomic E-state index is 17.1. The largest absolute Gasteiger partial charge is 0.508 e. The van der Waals surface area contributed by atoms with E-state index in [2.05, 4.69) is 46.5 Å². The van der Waals surface area contributed by atoms with E-state index in [1.807, 2.05) is 0 Å². The fraction of sp³-hybridized carbons (Fsp3) is 0.425. The van der Waals surface area contributed by atoms with Crippen molar-refractivity contribution < 1.29 is 27.8 Å². The Morgan fingerprint density at radius 2 is 1.89 bits per heavy atom. The lowest BCUT2D eigenvalue weighted by Gasteiger charge is -2.45. The summed E-state index contributed by atoms with van der Waals surface area (Å²) >= 11 is 0. The van der Waals surface area contributed by atoms with Crippen LogP contribution in [-0.4, -0.2) is 98.6 Å². The number of nitrogens with zero attached hydrogens (tertiary/aromatic N) is 6. The van der Waals surface area contributed by atoms with Crippen LogP contribution in [-0.2, 0) is 4.79 Å². The number of fused-ring (bicyclic) bond motifs is 4. The summed E-state index contributed by atoms with van der Waals surface area (Å²) in [7, 11) is 0. The molecule has 4 N–H and O–H groups in total. The van der Waals surface area contributed by atoms with Crippen molar-refractivity contribution in [3.63, 3.8) is 0 Å². The summed E-state index contributed by atoms with van der Waals surface area (Å²) in [6.45, 7) is 3.46. The summed E-state index contributed by atoms with van der Waals surface area (Å²) in [5.74, 6) is 1.45. The molecular weight excluding hydrogens is 711 g/mol. The number of carbonyl (C=O) groups excluding carboxylic acids is 1. The molecule has 0 spiro atoms. The highest BCUT2D eigenvalue weighted by atomic mass is 19.1. The number of phenols is 1. The number of benzene rings is 2. The first-order valence-electron chi connectivity index (χ1n) is 18.7. The van der Waals surface area contributed by atoms with Gasteiger partial charge in [-0.05, 0) is 62.1 Å². The third-order valence-corrected chi connectivity index (χ3v) is 11.6. The molecule has 3 aliphatic heterocycles. The minimum Gasteiger partial charge on any atom is -0.508 e. The number of carbonyl (C=O) groups is 1. The number of halogens is 3. The van der Waals surface area contributed by atoms with Gasteiger partial charge in [0, 0.05) is 79.4 Å². The molecule has 9 rings (SSSR count). The number of H-pyrrole nitrogens is 1. The highest BCUT2D eigenvalue weighted by Crippen LogP contribution is 2.47. The molecule has 1 aliphatic carbocycles. The van der Waals surface area contributed by atoms with Crippen LogP contribution in [0.25, 0.3) is 32.9 Å². The molecule has 55 heavy (non-hydrogen) atoms. The average Bonchev–Trinajstić information content (AvgIpc) is 3.75. The normalized spacial score (nSPS) is 22.4. The molecule has 1 amide bonds. The third kappa shape index (κ3) is 6.89. The lowest BCUT2D eigenvalue weighted by molar-refractivity contribution is -0.121. The van der Waals surface area contributed by atoms with Gasteiger partial charge < -0.3 is 30.3 Å². The summed E-state index contributed by atoms with van der Waals surface area (Å²) in [4.78, 5) is 31.5. The molecule has 1 saturated carbocycles. The number of amides is 1. The summed E-state index contributed by atoms with van der Waals surface area (Å²) in [6, 6.07) is 7.02.